The number of aliphatic imine (C=N–C) groups is 1. The number of amidine groups is 1. The molecule has 2 heterocycles. The van der Waals surface area contributed by atoms with E-state index in [0.29, 0.717) is 24.6 Å². The number of nitrogens with two attached hydrogens (primary N) is 1. The van der Waals surface area contributed by atoms with Gasteiger partial charge in [-0.2, -0.15) is 5.10 Å². The average molecular weight is 441 g/mol. The number of benzene rings is 1. The van der Waals surface area contributed by atoms with Crippen LogP contribution in [-0.4, -0.2) is 66.9 Å². The highest BCUT2D eigenvalue weighted by Gasteiger charge is 2.33. The number of methoxy groups -OCH3 is 1. The van der Waals surface area contributed by atoms with Crippen molar-refractivity contribution >= 4 is 22.4 Å². The molecule has 0 atom stereocenters. The molecule has 0 spiro atoms. The smallest absolute Gasteiger partial charge is 0.125 e. The van der Waals surface area contributed by atoms with Gasteiger partial charge in [-0.15, -0.1) is 0 Å². The average Bonchev–Trinajstić information content (AvgIpc) is 3.22. The van der Waals surface area contributed by atoms with Crippen LogP contribution in [0.1, 0.15) is 38.3 Å². The summed E-state index contributed by atoms with van der Waals surface area (Å²) in [5.74, 6) is 1.63. The number of aromatic amines is 1. The van der Waals surface area contributed by atoms with Crippen molar-refractivity contribution in [3.8, 4) is 5.75 Å². The zero-order valence-corrected chi connectivity index (χ0v) is 19.5. The normalized spacial score (nSPS) is 16.9. The molecule has 174 valence electrons. The first-order valence-corrected chi connectivity index (χ1v) is 11.2. The van der Waals surface area contributed by atoms with Gasteiger partial charge in [-0.25, -0.2) is 0 Å². The molecule has 0 saturated carbocycles. The predicted octanol–water partition coefficient (Wildman–Crippen LogP) is 3.28. The van der Waals surface area contributed by atoms with Crippen molar-refractivity contribution in [1.82, 2.24) is 20.4 Å². The van der Waals surface area contributed by atoms with Crippen LogP contribution >= 0.6 is 0 Å². The molecule has 8 heteroatoms. The van der Waals surface area contributed by atoms with Gasteiger partial charge in [0.15, 0.2) is 0 Å². The number of hydrogen-bond donors (Lipinski definition) is 3. The van der Waals surface area contributed by atoms with Crippen LogP contribution < -0.4 is 15.8 Å². The van der Waals surface area contributed by atoms with Gasteiger partial charge in [0, 0.05) is 44.2 Å². The van der Waals surface area contributed by atoms with E-state index in [0.717, 1.165) is 61.3 Å². The van der Waals surface area contributed by atoms with E-state index in [-0.39, 0.29) is 5.54 Å². The molecule has 0 aliphatic carbocycles. The number of H-pyrrole nitrogens is 1. The Morgan fingerprint density at radius 3 is 2.81 bits per heavy atom. The van der Waals surface area contributed by atoms with E-state index < -0.39 is 0 Å². The highest BCUT2D eigenvalue weighted by molar-refractivity contribution is 6.01. The van der Waals surface area contributed by atoms with Crippen LogP contribution in [-0.2, 0) is 4.74 Å². The fourth-order valence-corrected chi connectivity index (χ4v) is 4.38. The number of nitrogens with zero attached hydrogens (tertiary/aromatic N) is 3. The largest absolute Gasteiger partial charge is 0.491 e. The van der Waals surface area contributed by atoms with E-state index in [4.69, 9.17) is 15.2 Å². The molecule has 1 aliphatic heterocycles. The third-order valence-corrected chi connectivity index (χ3v) is 6.06. The lowest BCUT2D eigenvalue weighted by Crippen LogP contribution is -2.52. The summed E-state index contributed by atoms with van der Waals surface area (Å²) >= 11 is 0. The topological polar surface area (TPSA) is 101 Å². The van der Waals surface area contributed by atoms with Gasteiger partial charge in [0.25, 0.3) is 0 Å². The molecule has 32 heavy (non-hydrogen) atoms. The summed E-state index contributed by atoms with van der Waals surface area (Å²) in [5.41, 5.74) is 8.79. The summed E-state index contributed by atoms with van der Waals surface area (Å²) in [4.78, 5) is 6.81. The molecule has 0 radical (unpaired) electrons. The van der Waals surface area contributed by atoms with Crippen molar-refractivity contribution in [2.75, 3.05) is 40.5 Å². The lowest BCUT2D eigenvalue weighted by molar-refractivity contribution is 0.146. The molecule has 0 amide bonds. The summed E-state index contributed by atoms with van der Waals surface area (Å²) in [6.07, 6.45) is 8.10. The highest BCUT2D eigenvalue weighted by Crippen LogP contribution is 2.29. The van der Waals surface area contributed by atoms with Gasteiger partial charge in [0.05, 0.1) is 17.8 Å². The van der Waals surface area contributed by atoms with Crippen LogP contribution in [0.3, 0.4) is 0 Å². The third kappa shape index (κ3) is 5.43. The van der Waals surface area contributed by atoms with Crippen molar-refractivity contribution in [2.45, 2.75) is 38.1 Å². The first kappa shape index (κ1) is 23.7. The number of fused-ring (bicyclic) bond motifs is 1. The van der Waals surface area contributed by atoms with E-state index >= 15 is 0 Å². The lowest BCUT2D eigenvalue weighted by atomic mass is 9.83. The Kier molecular flexibility index (Phi) is 8.16. The van der Waals surface area contributed by atoms with Gasteiger partial charge in [-0.05, 0) is 43.7 Å². The van der Waals surface area contributed by atoms with E-state index in [2.05, 4.69) is 38.9 Å². The van der Waals surface area contributed by atoms with Crippen LogP contribution in [0.2, 0.25) is 0 Å². The van der Waals surface area contributed by atoms with Gasteiger partial charge in [-0.1, -0.05) is 19.9 Å². The molecule has 3 rings (SSSR count). The molecule has 2 aromatic rings. The highest BCUT2D eigenvalue weighted by atomic mass is 16.5. The van der Waals surface area contributed by atoms with Gasteiger partial charge < -0.3 is 25.4 Å². The molecule has 1 saturated heterocycles. The summed E-state index contributed by atoms with van der Waals surface area (Å²) < 4.78 is 10.8. The number of nitrogens with one attached hydrogen (secondary N) is 2. The van der Waals surface area contributed by atoms with Crippen LogP contribution in [0.25, 0.3) is 16.6 Å². The Morgan fingerprint density at radius 1 is 1.38 bits per heavy atom. The van der Waals surface area contributed by atoms with Crippen molar-refractivity contribution in [3.63, 3.8) is 0 Å². The monoisotopic (exact) mass is 440 g/mol. The van der Waals surface area contributed by atoms with Crippen molar-refractivity contribution < 1.29 is 9.47 Å². The number of piperidine rings is 1. The molecule has 1 aromatic heterocycles. The quantitative estimate of drug-likeness (QED) is 0.298. The SMILES string of the molecule is C=CNC1(CCC)CCN(C(C=C(N)c2n[nH]c3ccc(OCCOC)cc23)=NC)CC1. The Labute approximate surface area is 190 Å². The van der Waals surface area contributed by atoms with Crippen molar-refractivity contribution in [3.05, 3.63) is 42.7 Å². The first-order chi connectivity index (χ1) is 15.6. The van der Waals surface area contributed by atoms with Crippen LogP contribution in [0.4, 0.5) is 0 Å². The Hall–Kier alpha value is -3.00. The second kappa shape index (κ2) is 11.0. The Morgan fingerprint density at radius 2 is 2.16 bits per heavy atom. The van der Waals surface area contributed by atoms with Crippen LogP contribution in [0.15, 0.2) is 42.0 Å². The van der Waals surface area contributed by atoms with Crippen molar-refractivity contribution in [1.29, 1.82) is 0 Å². The second-order valence-electron chi connectivity index (χ2n) is 8.17. The molecule has 1 aliphatic rings. The zero-order valence-electron chi connectivity index (χ0n) is 19.5. The molecular weight excluding hydrogens is 404 g/mol. The lowest BCUT2D eigenvalue weighted by Gasteiger charge is -2.43. The number of ether oxygens (including phenoxy) is 2. The number of hydrogen-bond acceptors (Lipinski definition) is 6. The molecular formula is C24H36N6O2. The minimum absolute atomic E-state index is 0.124. The summed E-state index contributed by atoms with van der Waals surface area (Å²) in [5, 5.41) is 11.9. The molecule has 1 fully saturated rings. The first-order valence-electron chi connectivity index (χ1n) is 11.2. The zero-order chi connectivity index (χ0) is 23.0. The fraction of sp³-hybridized carbons (Fsp3) is 0.500. The Balaban J connectivity index is 1.76. The van der Waals surface area contributed by atoms with Gasteiger partial charge in [-0.3, -0.25) is 10.1 Å². The standard InChI is InChI=1S/C24H36N6O2/c1-5-9-24(27-6-2)10-12-30(13-11-24)22(26-3)17-20(25)23-19-16-18(32-15-14-31-4)7-8-21(19)28-29-23/h6-8,16-17,27H,2,5,9-15,25H2,1,3-4H3,(H,28,29). The maximum absolute atomic E-state index is 6.49. The van der Waals surface area contributed by atoms with Gasteiger partial charge >= 0.3 is 0 Å². The van der Waals surface area contributed by atoms with Gasteiger partial charge in [0.2, 0.25) is 0 Å². The maximum atomic E-state index is 6.49. The molecule has 8 nitrogen and oxygen atoms in total. The third-order valence-electron chi connectivity index (χ3n) is 6.06. The maximum Gasteiger partial charge on any atom is 0.125 e. The number of rotatable bonds is 10. The minimum Gasteiger partial charge on any atom is -0.491 e. The second-order valence-corrected chi connectivity index (χ2v) is 8.17. The van der Waals surface area contributed by atoms with E-state index in [1.807, 2.05) is 30.5 Å². The van der Waals surface area contributed by atoms with Crippen LogP contribution in [0, 0.1) is 0 Å². The summed E-state index contributed by atoms with van der Waals surface area (Å²) in [6.45, 7) is 8.95. The van der Waals surface area contributed by atoms with Crippen molar-refractivity contribution in [2.24, 2.45) is 10.7 Å². The molecule has 0 unspecified atom stereocenters. The minimum atomic E-state index is 0.124. The summed E-state index contributed by atoms with van der Waals surface area (Å²) in [6, 6.07) is 5.81. The predicted molar refractivity (Wildman–Crippen MR) is 131 cm³/mol. The van der Waals surface area contributed by atoms with E-state index in [1.165, 1.54) is 0 Å². The van der Waals surface area contributed by atoms with E-state index in [9.17, 15) is 0 Å². The van der Waals surface area contributed by atoms with Gasteiger partial charge in [0.1, 0.15) is 23.9 Å². The van der Waals surface area contributed by atoms with Crippen LogP contribution in [0.5, 0.6) is 5.75 Å². The van der Waals surface area contributed by atoms with E-state index in [1.54, 1.807) is 14.2 Å². The Bertz CT molecular complexity index is 957. The molecule has 1 aromatic carbocycles. The molecule has 4 N–H and O–H groups in total. The number of aromatic nitrogens is 2. The number of likely N-dealkylation sites (tertiary alicyclic amines) is 1. The summed E-state index contributed by atoms with van der Waals surface area (Å²) in [7, 11) is 3.46. The fourth-order valence-electron chi connectivity index (χ4n) is 4.38. The molecule has 0 bridgehead atoms.